The minimum Gasteiger partial charge on any atom is -0.317 e. The molecule has 0 radical (unpaired) electrons. The molecule has 1 aromatic heterocycles. The van der Waals surface area contributed by atoms with Crippen molar-refractivity contribution in [1.82, 2.24) is 10.3 Å². The molecular formula is C8H16N2S. The largest absolute Gasteiger partial charge is 0.317 e. The predicted octanol–water partition coefficient (Wildman–Crippen LogP) is 2.07. The van der Waals surface area contributed by atoms with Crippen molar-refractivity contribution < 1.29 is 0 Å². The van der Waals surface area contributed by atoms with Gasteiger partial charge in [0.05, 0.1) is 5.01 Å². The lowest BCUT2D eigenvalue weighted by Crippen LogP contribution is -2.09. The van der Waals surface area contributed by atoms with E-state index < -0.39 is 0 Å². The first-order valence-corrected chi connectivity index (χ1v) is 4.76. The number of thiazole rings is 1. The van der Waals surface area contributed by atoms with Gasteiger partial charge in [-0.25, -0.2) is 0 Å². The average molecular weight is 172 g/mol. The van der Waals surface area contributed by atoms with Gasteiger partial charge in [-0.1, -0.05) is 13.8 Å². The molecule has 64 valence electrons. The summed E-state index contributed by atoms with van der Waals surface area (Å²) in [4.78, 5) is 3.94. The van der Waals surface area contributed by atoms with Crippen molar-refractivity contribution >= 4 is 11.3 Å². The van der Waals surface area contributed by atoms with E-state index in [-0.39, 0.29) is 0 Å². The van der Waals surface area contributed by atoms with Gasteiger partial charge in [-0.2, -0.15) is 0 Å². The molecule has 0 atom stereocenters. The molecule has 1 heterocycles. The third kappa shape index (κ3) is 7.49. The zero-order valence-corrected chi connectivity index (χ0v) is 8.24. The van der Waals surface area contributed by atoms with Crippen LogP contribution in [0, 0.1) is 6.92 Å². The van der Waals surface area contributed by atoms with Crippen LogP contribution in [-0.2, 0) is 0 Å². The predicted molar refractivity (Wildman–Crippen MR) is 51.1 cm³/mol. The van der Waals surface area contributed by atoms with Crippen LogP contribution in [-0.4, -0.2) is 18.1 Å². The summed E-state index contributed by atoms with van der Waals surface area (Å²) < 4.78 is 0. The number of hydrogen-bond acceptors (Lipinski definition) is 3. The van der Waals surface area contributed by atoms with Crippen molar-refractivity contribution in [2.75, 3.05) is 13.1 Å². The lowest BCUT2D eigenvalue weighted by atomic mass is 10.7. The van der Waals surface area contributed by atoms with Crippen LogP contribution < -0.4 is 5.32 Å². The Morgan fingerprint density at radius 3 is 2.18 bits per heavy atom. The Balaban J connectivity index is 0.000000187. The van der Waals surface area contributed by atoms with E-state index in [2.05, 4.69) is 24.1 Å². The standard InChI is InChI=1S/C4H5NS.C4H11N/c1-4-5-2-3-6-4;1-3-5-4-2/h2-3H,1H3;5H,3-4H2,1-2H3. The molecule has 0 saturated heterocycles. The molecule has 2 nitrogen and oxygen atoms in total. The van der Waals surface area contributed by atoms with Crippen LogP contribution in [0.4, 0.5) is 0 Å². The number of aryl methyl sites for hydroxylation is 1. The third-order valence-corrected chi connectivity index (χ3v) is 1.76. The molecule has 0 aromatic carbocycles. The highest BCUT2D eigenvalue weighted by Gasteiger charge is 1.76. The fourth-order valence-corrected chi connectivity index (χ4v) is 0.985. The van der Waals surface area contributed by atoms with E-state index in [1.807, 2.05) is 12.3 Å². The van der Waals surface area contributed by atoms with Crippen LogP contribution >= 0.6 is 11.3 Å². The lowest BCUT2D eigenvalue weighted by molar-refractivity contribution is 0.762. The quantitative estimate of drug-likeness (QED) is 0.738. The smallest absolute Gasteiger partial charge is 0.0893 e. The highest BCUT2D eigenvalue weighted by atomic mass is 32.1. The zero-order valence-electron chi connectivity index (χ0n) is 7.42. The molecular weight excluding hydrogens is 156 g/mol. The van der Waals surface area contributed by atoms with Gasteiger partial charge in [0, 0.05) is 11.6 Å². The van der Waals surface area contributed by atoms with Gasteiger partial charge in [-0.05, 0) is 20.0 Å². The summed E-state index contributed by atoms with van der Waals surface area (Å²) in [6.45, 7) is 8.38. The number of nitrogens with zero attached hydrogens (tertiary/aromatic N) is 1. The Hall–Kier alpha value is -0.410. The van der Waals surface area contributed by atoms with E-state index in [0.717, 1.165) is 18.1 Å². The molecule has 1 N–H and O–H groups in total. The molecule has 0 bridgehead atoms. The van der Waals surface area contributed by atoms with Crippen molar-refractivity contribution in [2.24, 2.45) is 0 Å². The molecule has 0 spiro atoms. The van der Waals surface area contributed by atoms with Crippen molar-refractivity contribution in [3.63, 3.8) is 0 Å². The fourth-order valence-electron chi connectivity index (χ4n) is 0.545. The van der Waals surface area contributed by atoms with E-state index in [9.17, 15) is 0 Å². The first-order valence-electron chi connectivity index (χ1n) is 3.88. The Kier molecular flexibility index (Phi) is 7.41. The van der Waals surface area contributed by atoms with E-state index in [0.29, 0.717) is 0 Å². The normalized spacial score (nSPS) is 8.64. The summed E-state index contributed by atoms with van der Waals surface area (Å²) >= 11 is 1.67. The summed E-state index contributed by atoms with van der Waals surface area (Å²) in [6.07, 6.45) is 1.81. The number of rotatable bonds is 2. The molecule has 0 aliphatic heterocycles. The van der Waals surface area contributed by atoms with Gasteiger partial charge >= 0.3 is 0 Å². The van der Waals surface area contributed by atoms with E-state index >= 15 is 0 Å². The molecule has 0 aliphatic carbocycles. The van der Waals surface area contributed by atoms with Gasteiger partial charge in [0.1, 0.15) is 0 Å². The first-order chi connectivity index (χ1) is 5.31. The maximum absolute atomic E-state index is 3.94. The maximum Gasteiger partial charge on any atom is 0.0893 e. The lowest BCUT2D eigenvalue weighted by Gasteiger charge is -1.86. The van der Waals surface area contributed by atoms with Crippen LogP contribution in [0.2, 0.25) is 0 Å². The van der Waals surface area contributed by atoms with E-state index in [1.54, 1.807) is 17.5 Å². The summed E-state index contributed by atoms with van der Waals surface area (Å²) in [5.41, 5.74) is 0. The van der Waals surface area contributed by atoms with Crippen molar-refractivity contribution in [3.05, 3.63) is 16.6 Å². The van der Waals surface area contributed by atoms with Crippen LogP contribution in [0.5, 0.6) is 0 Å². The van der Waals surface area contributed by atoms with Crippen LogP contribution in [0.25, 0.3) is 0 Å². The molecule has 3 heteroatoms. The molecule has 0 amide bonds. The summed E-state index contributed by atoms with van der Waals surface area (Å²) in [6, 6.07) is 0. The highest BCUT2D eigenvalue weighted by molar-refractivity contribution is 7.09. The molecule has 0 fully saturated rings. The molecule has 1 aromatic rings. The van der Waals surface area contributed by atoms with Crippen LogP contribution in [0.1, 0.15) is 18.9 Å². The Morgan fingerprint density at radius 1 is 1.45 bits per heavy atom. The van der Waals surface area contributed by atoms with Gasteiger partial charge in [-0.15, -0.1) is 11.3 Å². The fraction of sp³-hybridized carbons (Fsp3) is 0.625. The SMILES string of the molecule is CCNCC.Cc1nccs1. The minimum atomic E-state index is 1.09. The molecule has 0 aliphatic rings. The summed E-state index contributed by atoms with van der Waals surface area (Å²) in [5.74, 6) is 0. The Labute approximate surface area is 72.7 Å². The highest BCUT2D eigenvalue weighted by Crippen LogP contribution is 1.98. The topological polar surface area (TPSA) is 24.9 Å². The molecule has 0 unspecified atom stereocenters. The number of hydrogen-bond donors (Lipinski definition) is 1. The van der Waals surface area contributed by atoms with Crippen molar-refractivity contribution in [3.8, 4) is 0 Å². The Morgan fingerprint density at radius 2 is 2.09 bits per heavy atom. The van der Waals surface area contributed by atoms with E-state index in [4.69, 9.17) is 0 Å². The van der Waals surface area contributed by atoms with E-state index in [1.165, 1.54) is 0 Å². The number of nitrogens with one attached hydrogen (secondary N) is 1. The first kappa shape index (κ1) is 10.6. The van der Waals surface area contributed by atoms with Crippen LogP contribution in [0.3, 0.4) is 0 Å². The third-order valence-electron chi connectivity index (χ3n) is 1.06. The van der Waals surface area contributed by atoms with Gasteiger partial charge in [0.15, 0.2) is 0 Å². The van der Waals surface area contributed by atoms with Gasteiger partial charge in [-0.3, -0.25) is 4.98 Å². The van der Waals surface area contributed by atoms with Gasteiger partial charge in [0.2, 0.25) is 0 Å². The number of aromatic nitrogens is 1. The van der Waals surface area contributed by atoms with Crippen molar-refractivity contribution in [2.45, 2.75) is 20.8 Å². The molecule has 0 saturated carbocycles. The second-order valence-electron chi connectivity index (χ2n) is 2.01. The maximum atomic E-state index is 3.94. The summed E-state index contributed by atoms with van der Waals surface area (Å²) in [7, 11) is 0. The molecule has 1 rings (SSSR count). The average Bonchev–Trinajstić information content (AvgIpc) is 2.43. The van der Waals surface area contributed by atoms with Gasteiger partial charge in [0.25, 0.3) is 0 Å². The monoisotopic (exact) mass is 172 g/mol. The molecule has 11 heavy (non-hydrogen) atoms. The minimum absolute atomic E-state index is 1.09. The van der Waals surface area contributed by atoms with Gasteiger partial charge < -0.3 is 5.32 Å². The summed E-state index contributed by atoms with van der Waals surface area (Å²) in [5, 5.41) is 6.21. The van der Waals surface area contributed by atoms with Crippen molar-refractivity contribution in [1.29, 1.82) is 0 Å². The van der Waals surface area contributed by atoms with Crippen LogP contribution in [0.15, 0.2) is 11.6 Å². The zero-order chi connectivity index (χ0) is 8.53. The second kappa shape index (κ2) is 7.69. The Bertz CT molecular complexity index is 147. The second-order valence-corrected chi connectivity index (χ2v) is 3.11.